The summed E-state index contributed by atoms with van der Waals surface area (Å²) in [7, 11) is 0. The summed E-state index contributed by atoms with van der Waals surface area (Å²) in [6, 6.07) is 30.3. The molecule has 0 saturated carbocycles. The average Bonchev–Trinajstić information content (AvgIpc) is 2.85. The van der Waals surface area contributed by atoms with Crippen LogP contribution in [0.1, 0.15) is 62.3 Å². The van der Waals surface area contributed by atoms with Crippen molar-refractivity contribution in [2.45, 2.75) is 58.7 Å². The van der Waals surface area contributed by atoms with E-state index in [2.05, 4.69) is 87.2 Å². The summed E-state index contributed by atoms with van der Waals surface area (Å²) in [5.74, 6) is 1.08. The lowest BCUT2D eigenvalue weighted by molar-refractivity contribution is 0.170. The molecular weight excluding hydrogens is 416 g/mol. The molecule has 3 nitrogen and oxygen atoms in total. The third-order valence-electron chi connectivity index (χ3n) is 6.20. The summed E-state index contributed by atoms with van der Waals surface area (Å²) in [6.45, 7) is 10.6. The molecule has 0 aliphatic carbocycles. The number of benzene rings is 3. The van der Waals surface area contributed by atoms with Gasteiger partial charge < -0.3 is 4.74 Å². The fraction of sp³-hybridized carbons (Fsp3) is 0.323. The molecule has 0 unspecified atom stereocenters. The molecule has 0 aromatic heterocycles. The van der Waals surface area contributed by atoms with Gasteiger partial charge in [0.1, 0.15) is 12.4 Å². The molecule has 3 heteroatoms. The number of nitriles is 1. The maximum absolute atomic E-state index is 9.03. The second kappa shape index (κ2) is 12.8. The predicted octanol–water partition coefficient (Wildman–Crippen LogP) is 7.44. The van der Waals surface area contributed by atoms with E-state index in [1.807, 2.05) is 36.4 Å². The molecule has 0 fully saturated rings. The Morgan fingerprint density at radius 2 is 1.53 bits per heavy atom. The van der Waals surface area contributed by atoms with Gasteiger partial charge in [-0.2, -0.15) is 5.26 Å². The van der Waals surface area contributed by atoms with Crippen LogP contribution in [0.2, 0.25) is 0 Å². The molecule has 0 saturated heterocycles. The van der Waals surface area contributed by atoms with Crippen molar-refractivity contribution < 1.29 is 4.74 Å². The highest BCUT2D eigenvalue weighted by molar-refractivity contribution is 5.57. The number of ether oxygens (including phenoxy) is 1. The van der Waals surface area contributed by atoms with E-state index in [0.717, 1.165) is 35.4 Å². The summed E-state index contributed by atoms with van der Waals surface area (Å²) >= 11 is 0. The van der Waals surface area contributed by atoms with E-state index in [9.17, 15) is 0 Å². The van der Waals surface area contributed by atoms with Gasteiger partial charge in [0.2, 0.25) is 0 Å². The zero-order valence-electron chi connectivity index (χ0n) is 20.8. The Bertz CT molecular complexity index is 1070. The molecule has 0 bridgehead atoms. The molecule has 0 aliphatic heterocycles. The van der Waals surface area contributed by atoms with Crippen LogP contribution in [-0.2, 0) is 6.61 Å². The largest absolute Gasteiger partial charge is 0.489 e. The van der Waals surface area contributed by atoms with Crippen LogP contribution in [0, 0.1) is 11.3 Å². The fourth-order valence-electron chi connectivity index (χ4n) is 4.52. The SMILES string of the molecule is CC(C)N(CC[C@H](c1ccccc1)c1cc(C=CC#N)ccc1OCc1ccccc1)C(C)C. The third kappa shape index (κ3) is 7.07. The van der Waals surface area contributed by atoms with Crippen molar-refractivity contribution in [2.75, 3.05) is 6.54 Å². The molecule has 1 atom stereocenters. The number of rotatable bonds is 11. The van der Waals surface area contributed by atoms with E-state index in [0.29, 0.717) is 18.7 Å². The van der Waals surface area contributed by atoms with Gasteiger partial charge in [0, 0.05) is 29.6 Å². The molecule has 176 valence electrons. The van der Waals surface area contributed by atoms with Gasteiger partial charge in [-0.05, 0) is 75.6 Å². The van der Waals surface area contributed by atoms with Crippen molar-refractivity contribution in [1.82, 2.24) is 4.90 Å². The smallest absolute Gasteiger partial charge is 0.123 e. The van der Waals surface area contributed by atoms with E-state index >= 15 is 0 Å². The van der Waals surface area contributed by atoms with Crippen molar-refractivity contribution in [3.05, 3.63) is 107 Å². The molecule has 0 amide bonds. The molecule has 3 rings (SSSR count). The van der Waals surface area contributed by atoms with Gasteiger partial charge >= 0.3 is 0 Å². The summed E-state index contributed by atoms with van der Waals surface area (Å²) in [6.07, 6.45) is 4.37. The minimum absolute atomic E-state index is 0.183. The zero-order chi connectivity index (χ0) is 24.3. The molecule has 0 aliphatic rings. The van der Waals surface area contributed by atoms with Gasteiger partial charge in [-0.15, -0.1) is 0 Å². The molecule has 0 spiro atoms. The fourth-order valence-corrected chi connectivity index (χ4v) is 4.52. The highest BCUT2D eigenvalue weighted by Gasteiger charge is 2.22. The topological polar surface area (TPSA) is 36.3 Å². The normalized spacial score (nSPS) is 12.4. The molecule has 3 aromatic rings. The maximum atomic E-state index is 9.03. The Balaban J connectivity index is 2.00. The summed E-state index contributed by atoms with van der Waals surface area (Å²) in [5, 5.41) is 9.03. The van der Waals surface area contributed by atoms with Crippen LogP contribution in [0.15, 0.2) is 84.9 Å². The zero-order valence-corrected chi connectivity index (χ0v) is 20.8. The van der Waals surface area contributed by atoms with Gasteiger partial charge in [0.15, 0.2) is 0 Å². The van der Waals surface area contributed by atoms with E-state index in [-0.39, 0.29) is 5.92 Å². The predicted molar refractivity (Wildman–Crippen MR) is 142 cm³/mol. The highest BCUT2D eigenvalue weighted by atomic mass is 16.5. The summed E-state index contributed by atoms with van der Waals surface area (Å²) in [4.78, 5) is 2.54. The van der Waals surface area contributed by atoms with Crippen molar-refractivity contribution >= 4 is 6.08 Å². The number of nitrogens with zero attached hydrogens (tertiary/aromatic N) is 2. The summed E-state index contributed by atoms with van der Waals surface area (Å²) in [5.41, 5.74) is 4.59. The molecule has 3 aromatic carbocycles. The first-order valence-electron chi connectivity index (χ1n) is 12.2. The standard InChI is InChI=1S/C31H36N2O/c1-24(2)33(25(3)4)21-19-29(28-15-9-6-10-16-28)30-22-26(14-11-20-32)17-18-31(30)34-23-27-12-7-5-8-13-27/h5-18,22,24-25,29H,19,21,23H2,1-4H3/t29-/m1/s1. The minimum Gasteiger partial charge on any atom is -0.489 e. The van der Waals surface area contributed by atoms with Crippen LogP contribution in [-0.4, -0.2) is 23.5 Å². The second-order valence-corrected chi connectivity index (χ2v) is 9.21. The van der Waals surface area contributed by atoms with E-state index in [1.54, 1.807) is 0 Å². The van der Waals surface area contributed by atoms with Gasteiger partial charge in [-0.3, -0.25) is 4.90 Å². The Morgan fingerprint density at radius 3 is 2.15 bits per heavy atom. The first kappa shape index (κ1) is 25.3. The lowest BCUT2D eigenvalue weighted by Crippen LogP contribution is -2.38. The van der Waals surface area contributed by atoms with Crippen molar-refractivity contribution in [3.8, 4) is 11.8 Å². The van der Waals surface area contributed by atoms with Crippen LogP contribution >= 0.6 is 0 Å². The van der Waals surface area contributed by atoms with Crippen LogP contribution in [0.3, 0.4) is 0 Å². The third-order valence-corrected chi connectivity index (χ3v) is 6.20. The van der Waals surface area contributed by atoms with Crippen LogP contribution in [0.25, 0.3) is 6.08 Å². The average molecular weight is 453 g/mol. The van der Waals surface area contributed by atoms with Gasteiger partial charge in [-0.25, -0.2) is 0 Å². The second-order valence-electron chi connectivity index (χ2n) is 9.21. The van der Waals surface area contributed by atoms with E-state index < -0.39 is 0 Å². The lowest BCUT2D eigenvalue weighted by Gasteiger charge is -2.32. The summed E-state index contributed by atoms with van der Waals surface area (Å²) < 4.78 is 6.38. The van der Waals surface area contributed by atoms with Crippen molar-refractivity contribution in [1.29, 1.82) is 5.26 Å². The lowest BCUT2D eigenvalue weighted by atomic mass is 9.86. The molecule has 0 N–H and O–H groups in total. The Morgan fingerprint density at radius 1 is 0.882 bits per heavy atom. The Hall–Kier alpha value is -3.35. The van der Waals surface area contributed by atoms with Crippen LogP contribution in [0.4, 0.5) is 0 Å². The Kier molecular flexibility index (Phi) is 9.50. The molecule has 0 heterocycles. The van der Waals surface area contributed by atoms with Gasteiger partial charge in [0.25, 0.3) is 0 Å². The minimum atomic E-state index is 0.183. The number of hydrogen-bond acceptors (Lipinski definition) is 3. The first-order chi connectivity index (χ1) is 16.5. The first-order valence-corrected chi connectivity index (χ1v) is 12.2. The Labute approximate surface area is 205 Å². The highest BCUT2D eigenvalue weighted by Crippen LogP contribution is 2.36. The van der Waals surface area contributed by atoms with Gasteiger partial charge in [0.05, 0.1) is 6.07 Å². The molecule has 34 heavy (non-hydrogen) atoms. The number of allylic oxidation sites excluding steroid dienone is 1. The van der Waals surface area contributed by atoms with Crippen molar-refractivity contribution in [3.63, 3.8) is 0 Å². The van der Waals surface area contributed by atoms with Crippen LogP contribution in [0.5, 0.6) is 5.75 Å². The van der Waals surface area contributed by atoms with E-state index in [4.69, 9.17) is 10.00 Å². The molecule has 0 radical (unpaired) electrons. The molecular formula is C31H36N2O. The monoisotopic (exact) mass is 452 g/mol. The maximum Gasteiger partial charge on any atom is 0.123 e. The quantitative estimate of drug-likeness (QED) is 0.284. The van der Waals surface area contributed by atoms with E-state index in [1.165, 1.54) is 11.6 Å². The van der Waals surface area contributed by atoms with Crippen molar-refractivity contribution in [2.24, 2.45) is 0 Å². The van der Waals surface area contributed by atoms with Crippen LogP contribution < -0.4 is 4.74 Å². The van der Waals surface area contributed by atoms with Gasteiger partial charge in [-0.1, -0.05) is 66.7 Å². The number of hydrogen-bond donors (Lipinski definition) is 0.